The van der Waals surface area contributed by atoms with Crippen molar-refractivity contribution in [2.45, 2.75) is 64.8 Å². The molecule has 5 rings (SSSR count). The number of benzene rings is 1. The van der Waals surface area contributed by atoms with E-state index in [4.69, 9.17) is 4.74 Å². The summed E-state index contributed by atoms with van der Waals surface area (Å²) in [6, 6.07) is 8.65. The van der Waals surface area contributed by atoms with Crippen LogP contribution >= 0.6 is 0 Å². The van der Waals surface area contributed by atoms with E-state index in [-0.39, 0.29) is 28.7 Å². The van der Waals surface area contributed by atoms with Crippen LogP contribution in [0.3, 0.4) is 0 Å². The zero-order chi connectivity index (χ0) is 28.1. The number of pyridine rings is 1. The zero-order valence-corrected chi connectivity index (χ0v) is 23.7. The molecular weight excluding hydrogens is 490 g/mol. The third-order valence-corrected chi connectivity index (χ3v) is 8.50. The van der Waals surface area contributed by atoms with Crippen LogP contribution in [-0.2, 0) is 11.8 Å². The van der Waals surface area contributed by atoms with Crippen molar-refractivity contribution in [2.24, 2.45) is 18.4 Å². The third-order valence-electron chi connectivity index (χ3n) is 8.50. The maximum atomic E-state index is 13.4. The van der Waals surface area contributed by atoms with E-state index in [0.29, 0.717) is 35.0 Å². The summed E-state index contributed by atoms with van der Waals surface area (Å²) in [6.45, 7) is 9.52. The first-order valence-electron chi connectivity index (χ1n) is 13.6. The number of methoxy groups -OCH3 is 1. The lowest BCUT2D eigenvalue weighted by molar-refractivity contribution is -0.150. The molecule has 8 heteroatoms. The lowest BCUT2D eigenvalue weighted by Gasteiger charge is -2.50. The highest BCUT2D eigenvalue weighted by molar-refractivity contribution is 6.07. The van der Waals surface area contributed by atoms with E-state index in [1.165, 1.54) is 0 Å². The van der Waals surface area contributed by atoms with Gasteiger partial charge in [0, 0.05) is 36.8 Å². The number of hydrogen-bond donors (Lipinski definition) is 1. The van der Waals surface area contributed by atoms with Crippen LogP contribution in [-0.4, -0.2) is 45.5 Å². The summed E-state index contributed by atoms with van der Waals surface area (Å²) in [5.41, 5.74) is 3.16. The van der Waals surface area contributed by atoms with Crippen LogP contribution in [0.5, 0.6) is 5.75 Å². The topological polar surface area (TPSA) is 100 Å². The Hall–Kier alpha value is -3.86. The normalized spacial score (nSPS) is 20.2. The molecule has 1 aromatic carbocycles. The first-order valence-corrected chi connectivity index (χ1v) is 13.6. The Morgan fingerprint density at radius 2 is 1.92 bits per heavy atom. The van der Waals surface area contributed by atoms with Gasteiger partial charge in [-0.1, -0.05) is 19.9 Å². The highest BCUT2D eigenvalue weighted by Gasteiger charge is 2.46. The second-order valence-corrected chi connectivity index (χ2v) is 12.5. The molecule has 2 aromatic heterocycles. The summed E-state index contributed by atoms with van der Waals surface area (Å²) in [6.07, 6.45) is 7.32. The molecule has 3 heterocycles. The average Bonchev–Trinajstić information content (AvgIpc) is 3.22. The Morgan fingerprint density at radius 1 is 1.18 bits per heavy atom. The van der Waals surface area contributed by atoms with E-state index in [1.807, 2.05) is 11.6 Å². The second-order valence-electron chi connectivity index (χ2n) is 12.5. The van der Waals surface area contributed by atoms with Crippen LogP contribution in [0.25, 0.3) is 11.0 Å². The second kappa shape index (κ2) is 9.71. The summed E-state index contributed by atoms with van der Waals surface area (Å²) < 4.78 is 7.88. The molecule has 0 radical (unpaired) electrons. The fourth-order valence-corrected chi connectivity index (χ4v) is 6.63. The Balaban J connectivity index is 1.43. The molecule has 8 nitrogen and oxygen atoms in total. The molecular formula is C31H37N5O3. The number of nitrogens with zero attached hydrogens (tertiary/aromatic N) is 4. The number of aromatic nitrogens is 2. The number of anilines is 1. The van der Waals surface area contributed by atoms with Crippen LogP contribution < -0.4 is 10.1 Å². The van der Waals surface area contributed by atoms with Crippen molar-refractivity contribution < 1.29 is 14.3 Å². The van der Waals surface area contributed by atoms with Crippen LogP contribution in [0.2, 0.25) is 0 Å². The van der Waals surface area contributed by atoms with Gasteiger partial charge in [-0.15, -0.1) is 0 Å². The van der Waals surface area contributed by atoms with Crippen molar-refractivity contribution in [1.29, 1.82) is 5.26 Å². The van der Waals surface area contributed by atoms with Crippen LogP contribution in [0.15, 0.2) is 36.7 Å². The van der Waals surface area contributed by atoms with E-state index < -0.39 is 0 Å². The molecule has 1 saturated heterocycles. The standard InChI is InChI=1S/C31H37N5O3/c1-30(2)13-22(14-30)29(38)36-11-10-21(15-31(36,3)4)23-18-35(5)27-25(23)26(39-6)24(17-33-27)34-28(37)20-9-7-8-19(12-20)16-32/h7-9,12,17-18,21-22H,10-11,13-15H2,1-6H3,(H,34,37)/t21-/m1/s1. The van der Waals surface area contributed by atoms with E-state index in [0.717, 1.165) is 42.3 Å². The first-order chi connectivity index (χ1) is 18.4. The van der Waals surface area contributed by atoms with E-state index in [2.05, 4.69) is 55.2 Å². The molecule has 3 aromatic rings. The lowest BCUT2D eigenvalue weighted by atomic mass is 9.63. The van der Waals surface area contributed by atoms with E-state index >= 15 is 0 Å². The van der Waals surface area contributed by atoms with Crippen LogP contribution in [0, 0.1) is 22.7 Å². The van der Waals surface area contributed by atoms with Gasteiger partial charge in [0.25, 0.3) is 5.91 Å². The molecule has 0 spiro atoms. The van der Waals surface area contributed by atoms with Crippen molar-refractivity contribution in [3.05, 3.63) is 53.3 Å². The van der Waals surface area contributed by atoms with Crippen LogP contribution in [0.4, 0.5) is 5.69 Å². The number of ether oxygens (including phenoxy) is 1. The molecule has 204 valence electrons. The van der Waals surface area contributed by atoms with Crippen LogP contribution in [0.1, 0.15) is 80.8 Å². The van der Waals surface area contributed by atoms with Gasteiger partial charge in [-0.05, 0) is 74.6 Å². The summed E-state index contributed by atoms with van der Waals surface area (Å²) in [7, 11) is 3.56. The van der Waals surface area contributed by atoms with Crippen molar-refractivity contribution in [2.75, 3.05) is 19.0 Å². The number of hydrogen-bond acceptors (Lipinski definition) is 5. The van der Waals surface area contributed by atoms with Gasteiger partial charge in [-0.2, -0.15) is 5.26 Å². The maximum absolute atomic E-state index is 13.4. The van der Waals surface area contributed by atoms with Gasteiger partial charge in [0.15, 0.2) is 5.75 Å². The third kappa shape index (κ3) is 4.87. The van der Waals surface area contributed by atoms with Crippen molar-refractivity contribution in [3.63, 3.8) is 0 Å². The smallest absolute Gasteiger partial charge is 0.255 e. The van der Waals surface area contributed by atoms with Gasteiger partial charge < -0.3 is 19.5 Å². The van der Waals surface area contributed by atoms with E-state index in [9.17, 15) is 14.9 Å². The Kier molecular flexibility index (Phi) is 6.66. The molecule has 1 aliphatic heterocycles. The number of nitriles is 1. The molecule has 1 saturated carbocycles. The highest BCUT2D eigenvalue weighted by atomic mass is 16.5. The SMILES string of the molecule is COc1c(NC(=O)c2cccc(C#N)c2)cnc2c1c([C@@H]1CCN(C(=O)C3CC(C)(C)C3)C(C)(C)C1)cn2C. The number of carbonyl (C=O) groups is 2. The number of carbonyl (C=O) groups excluding carboxylic acids is 2. The minimum Gasteiger partial charge on any atom is -0.494 e. The van der Waals surface area contributed by atoms with Gasteiger partial charge in [0.2, 0.25) is 5.91 Å². The van der Waals surface area contributed by atoms with Gasteiger partial charge in [0.05, 0.1) is 30.3 Å². The number of piperidine rings is 1. The highest BCUT2D eigenvalue weighted by Crippen LogP contribution is 2.49. The largest absolute Gasteiger partial charge is 0.494 e. The molecule has 1 aliphatic carbocycles. The summed E-state index contributed by atoms with van der Waals surface area (Å²) in [5, 5.41) is 13.0. The predicted molar refractivity (Wildman–Crippen MR) is 151 cm³/mol. The zero-order valence-electron chi connectivity index (χ0n) is 23.7. The van der Waals surface area contributed by atoms with Crippen molar-refractivity contribution in [1.82, 2.24) is 14.5 Å². The minimum atomic E-state index is -0.337. The summed E-state index contributed by atoms with van der Waals surface area (Å²) in [5.74, 6) is 0.863. The number of likely N-dealkylation sites (tertiary alicyclic amines) is 1. The lowest BCUT2D eigenvalue weighted by Crippen LogP contribution is -2.56. The number of fused-ring (bicyclic) bond motifs is 1. The Labute approximate surface area is 230 Å². The maximum Gasteiger partial charge on any atom is 0.255 e. The predicted octanol–water partition coefficient (Wildman–Crippen LogP) is 5.63. The number of rotatable bonds is 5. The van der Waals surface area contributed by atoms with E-state index in [1.54, 1.807) is 37.6 Å². The molecule has 0 unspecified atom stereocenters. The molecule has 2 aliphatic rings. The molecule has 1 atom stereocenters. The van der Waals surface area contributed by atoms with Crippen molar-refractivity contribution in [3.8, 4) is 11.8 Å². The Bertz CT molecular complexity index is 1490. The Morgan fingerprint density at radius 3 is 2.56 bits per heavy atom. The van der Waals surface area contributed by atoms with Crippen molar-refractivity contribution >= 4 is 28.5 Å². The quantitative estimate of drug-likeness (QED) is 0.464. The number of aryl methyl sites for hydroxylation is 1. The van der Waals surface area contributed by atoms with Gasteiger partial charge >= 0.3 is 0 Å². The first kappa shape index (κ1) is 26.7. The fourth-order valence-electron chi connectivity index (χ4n) is 6.63. The van der Waals surface area contributed by atoms with Gasteiger partial charge in [0.1, 0.15) is 11.3 Å². The fraction of sp³-hybridized carbons (Fsp3) is 0.484. The van der Waals surface area contributed by atoms with Gasteiger partial charge in [-0.25, -0.2) is 4.98 Å². The minimum absolute atomic E-state index is 0.137. The molecule has 2 fully saturated rings. The molecule has 39 heavy (non-hydrogen) atoms. The monoisotopic (exact) mass is 527 g/mol. The summed E-state index contributed by atoms with van der Waals surface area (Å²) in [4.78, 5) is 33.2. The van der Waals surface area contributed by atoms with Gasteiger partial charge in [-0.3, -0.25) is 9.59 Å². The number of amides is 2. The summed E-state index contributed by atoms with van der Waals surface area (Å²) >= 11 is 0. The number of nitrogens with one attached hydrogen (secondary N) is 1. The average molecular weight is 528 g/mol. The molecule has 0 bridgehead atoms. The molecule has 2 amide bonds. The molecule has 1 N–H and O–H groups in total.